The van der Waals surface area contributed by atoms with Crippen molar-refractivity contribution in [3.63, 3.8) is 0 Å². The van der Waals surface area contributed by atoms with Crippen LogP contribution in [0.25, 0.3) is 0 Å². The second-order valence-corrected chi connectivity index (χ2v) is 2.90. The third-order valence-electron chi connectivity index (χ3n) is 1.77. The Morgan fingerprint density at radius 3 is 3.00 bits per heavy atom. The Labute approximate surface area is 77.7 Å². The second kappa shape index (κ2) is 4.64. The maximum atomic E-state index is 10.9. The van der Waals surface area contributed by atoms with Crippen molar-refractivity contribution in [2.45, 2.75) is 26.4 Å². The van der Waals surface area contributed by atoms with Gasteiger partial charge in [-0.15, -0.1) is 0 Å². The first-order valence-electron chi connectivity index (χ1n) is 4.38. The van der Waals surface area contributed by atoms with E-state index in [0.717, 1.165) is 13.0 Å². The lowest BCUT2D eigenvalue weighted by molar-refractivity contribution is -0.685. The third-order valence-corrected chi connectivity index (χ3v) is 1.77. The van der Waals surface area contributed by atoms with Gasteiger partial charge in [-0.1, -0.05) is 6.92 Å². The first kappa shape index (κ1) is 9.77. The number of hydrogen-bond donors (Lipinski definition) is 0. The number of carbonyl (C=O) groups is 1. The molecule has 0 bridgehead atoms. The van der Waals surface area contributed by atoms with Gasteiger partial charge in [-0.25, -0.2) is 13.9 Å². The molecule has 0 saturated carbocycles. The van der Waals surface area contributed by atoms with Crippen LogP contribution in [0.15, 0.2) is 18.7 Å². The number of rotatable bonds is 4. The van der Waals surface area contributed by atoms with Crippen LogP contribution in [-0.4, -0.2) is 17.6 Å². The van der Waals surface area contributed by atoms with Crippen molar-refractivity contribution in [1.82, 2.24) is 4.57 Å². The van der Waals surface area contributed by atoms with Crippen molar-refractivity contribution in [3.05, 3.63) is 18.7 Å². The van der Waals surface area contributed by atoms with Crippen LogP contribution in [0.3, 0.4) is 0 Å². The molecule has 72 valence electrons. The number of esters is 1. The fourth-order valence-corrected chi connectivity index (χ4v) is 1.14. The highest BCUT2D eigenvalue weighted by atomic mass is 16.5. The molecule has 0 atom stereocenters. The number of nitrogens with zero attached hydrogens (tertiary/aromatic N) is 2. The summed E-state index contributed by atoms with van der Waals surface area (Å²) in [5.41, 5.74) is 0. The number of carbonyl (C=O) groups excluding carboxylic acids is 1. The lowest BCUT2D eigenvalue weighted by Gasteiger charge is -1.93. The largest absolute Gasteiger partial charge is 0.466 e. The number of ether oxygens (including phenoxy) is 1. The molecule has 0 saturated heterocycles. The molecule has 1 aromatic heterocycles. The minimum absolute atomic E-state index is 0.223. The van der Waals surface area contributed by atoms with Crippen molar-refractivity contribution in [1.29, 1.82) is 0 Å². The number of imidazole rings is 1. The van der Waals surface area contributed by atoms with Crippen LogP contribution in [0.1, 0.15) is 13.3 Å². The molecule has 0 aliphatic carbocycles. The fraction of sp³-hybridized carbons (Fsp3) is 0.556. The summed E-state index contributed by atoms with van der Waals surface area (Å²) in [6, 6.07) is 0. The van der Waals surface area contributed by atoms with Gasteiger partial charge in [0.1, 0.15) is 12.4 Å². The highest BCUT2D eigenvalue weighted by Crippen LogP contribution is 1.88. The summed E-state index contributed by atoms with van der Waals surface area (Å²) in [5, 5.41) is 0. The van der Waals surface area contributed by atoms with Gasteiger partial charge in [0.05, 0.1) is 13.7 Å². The Morgan fingerprint density at radius 2 is 2.38 bits per heavy atom. The molecule has 0 amide bonds. The van der Waals surface area contributed by atoms with E-state index in [9.17, 15) is 4.79 Å². The van der Waals surface area contributed by atoms with E-state index in [1.54, 1.807) is 0 Å². The molecule has 4 heteroatoms. The van der Waals surface area contributed by atoms with Gasteiger partial charge in [0.15, 0.2) is 6.54 Å². The smallest absolute Gasteiger partial charge is 0.348 e. The zero-order valence-corrected chi connectivity index (χ0v) is 8.06. The van der Waals surface area contributed by atoms with Gasteiger partial charge in [-0.3, -0.25) is 0 Å². The summed E-state index contributed by atoms with van der Waals surface area (Å²) < 4.78 is 8.41. The molecule has 1 heterocycles. The summed E-state index contributed by atoms with van der Waals surface area (Å²) in [6.07, 6.45) is 6.81. The Hall–Kier alpha value is -1.32. The monoisotopic (exact) mass is 183 g/mol. The fourth-order valence-electron chi connectivity index (χ4n) is 1.14. The van der Waals surface area contributed by atoms with Crippen LogP contribution in [0.2, 0.25) is 0 Å². The van der Waals surface area contributed by atoms with E-state index in [1.165, 1.54) is 7.11 Å². The van der Waals surface area contributed by atoms with E-state index in [2.05, 4.69) is 11.7 Å². The summed E-state index contributed by atoms with van der Waals surface area (Å²) in [5.74, 6) is -0.223. The van der Waals surface area contributed by atoms with Crippen LogP contribution in [0, 0.1) is 0 Å². The first-order valence-corrected chi connectivity index (χ1v) is 4.38. The Bertz CT molecular complexity index is 281. The number of aromatic nitrogens is 2. The molecule has 0 spiro atoms. The molecule has 0 aliphatic heterocycles. The van der Waals surface area contributed by atoms with Crippen LogP contribution < -0.4 is 4.57 Å². The molecule has 0 fully saturated rings. The second-order valence-electron chi connectivity index (χ2n) is 2.90. The number of hydrogen-bond acceptors (Lipinski definition) is 2. The zero-order chi connectivity index (χ0) is 9.68. The van der Waals surface area contributed by atoms with Crippen molar-refractivity contribution < 1.29 is 14.1 Å². The molecule has 1 aromatic rings. The van der Waals surface area contributed by atoms with E-state index < -0.39 is 0 Å². The van der Waals surface area contributed by atoms with Crippen molar-refractivity contribution in [2.24, 2.45) is 0 Å². The molecule has 0 aromatic carbocycles. The highest BCUT2D eigenvalue weighted by Gasteiger charge is 2.07. The lowest BCUT2D eigenvalue weighted by Crippen LogP contribution is -2.36. The average Bonchev–Trinajstić information content (AvgIpc) is 2.53. The molecule has 1 rings (SSSR count). The Kier molecular flexibility index (Phi) is 3.49. The summed E-state index contributed by atoms with van der Waals surface area (Å²) in [7, 11) is 1.39. The lowest BCUT2D eigenvalue weighted by atomic mass is 10.5. The summed E-state index contributed by atoms with van der Waals surface area (Å²) in [6.45, 7) is 3.38. The molecular formula is C9H15N2O2+. The molecule has 0 radical (unpaired) electrons. The van der Waals surface area contributed by atoms with Crippen LogP contribution in [0.5, 0.6) is 0 Å². The topological polar surface area (TPSA) is 35.1 Å². The van der Waals surface area contributed by atoms with Gasteiger partial charge in [0.2, 0.25) is 6.33 Å². The maximum Gasteiger partial charge on any atom is 0.348 e. The molecular weight excluding hydrogens is 168 g/mol. The molecule has 0 aliphatic rings. The highest BCUT2D eigenvalue weighted by molar-refractivity contribution is 5.67. The van der Waals surface area contributed by atoms with E-state index in [4.69, 9.17) is 0 Å². The van der Waals surface area contributed by atoms with Gasteiger partial charge in [-0.05, 0) is 6.42 Å². The minimum Gasteiger partial charge on any atom is -0.466 e. The molecule has 4 nitrogen and oxygen atoms in total. The number of methoxy groups -OCH3 is 1. The van der Waals surface area contributed by atoms with Crippen molar-refractivity contribution in [3.8, 4) is 0 Å². The van der Waals surface area contributed by atoms with E-state index in [-0.39, 0.29) is 12.5 Å². The normalized spacial score (nSPS) is 10.0. The molecule has 0 N–H and O–H groups in total. The predicted octanol–water partition coefficient (Wildman–Crippen LogP) is 0.359. The number of aryl methyl sites for hydroxylation is 1. The van der Waals surface area contributed by atoms with Gasteiger partial charge in [0.25, 0.3) is 0 Å². The third kappa shape index (κ3) is 2.89. The molecule has 0 unspecified atom stereocenters. The van der Waals surface area contributed by atoms with Gasteiger partial charge >= 0.3 is 5.97 Å². The van der Waals surface area contributed by atoms with Crippen molar-refractivity contribution >= 4 is 5.97 Å². The first-order chi connectivity index (χ1) is 6.26. The van der Waals surface area contributed by atoms with Gasteiger partial charge < -0.3 is 4.74 Å². The summed E-state index contributed by atoms with van der Waals surface area (Å²) in [4.78, 5) is 10.9. The Morgan fingerprint density at radius 1 is 1.62 bits per heavy atom. The quantitative estimate of drug-likeness (QED) is 0.499. The van der Waals surface area contributed by atoms with Crippen LogP contribution in [-0.2, 0) is 22.6 Å². The minimum atomic E-state index is -0.223. The standard InChI is InChI=1S/C9H15N2O2/c1-3-4-10-5-6-11(8-10)7-9(12)13-2/h5-6,8H,3-4,7H2,1-2H3/q+1. The van der Waals surface area contributed by atoms with E-state index in [0.29, 0.717) is 0 Å². The SMILES string of the molecule is CCCn1cc[n+](CC(=O)OC)c1. The van der Waals surface area contributed by atoms with Crippen LogP contribution >= 0.6 is 0 Å². The van der Waals surface area contributed by atoms with Gasteiger partial charge in [0, 0.05) is 0 Å². The summed E-state index contributed by atoms with van der Waals surface area (Å²) >= 11 is 0. The van der Waals surface area contributed by atoms with Crippen LogP contribution in [0.4, 0.5) is 0 Å². The Balaban J connectivity index is 2.53. The van der Waals surface area contributed by atoms with Gasteiger partial charge in [-0.2, -0.15) is 0 Å². The van der Waals surface area contributed by atoms with Crippen molar-refractivity contribution in [2.75, 3.05) is 7.11 Å². The molecule has 13 heavy (non-hydrogen) atoms. The average molecular weight is 183 g/mol. The maximum absolute atomic E-state index is 10.9. The van der Waals surface area contributed by atoms with E-state index in [1.807, 2.05) is 27.9 Å². The van der Waals surface area contributed by atoms with E-state index >= 15 is 0 Å². The zero-order valence-electron chi connectivity index (χ0n) is 8.06. The predicted molar refractivity (Wildman–Crippen MR) is 46.9 cm³/mol.